The minimum absolute atomic E-state index is 0.0278. The van der Waals surface area contributed by atoms with Gasteiger partial charge in [-0.15, -0.1) is 0 Å². The van der Waals surface area contributed by atoms with E-state index >= 15 is 0 Å². The summed E-state index contributed by atoms with van der Waals surface area (Å²) < 4.78 is 0. The normalized spacial score (nSPS) is 16.5. The van der Waals surface area contributed by atoms with E-state index in [0.717, 1.165) is 19.3 Å². The quantitative estimate of drug-likeness (QED) is 0.576. The van der Waals surface area contributed by atoms with Crippen molar-refractivity contribution in [2.24, 2.45) is 5.92 Å². The van der Waals surface area contributed by atoms with Gasteiger partial charge in [0.05, 0.1) is 12.5 Å². The van der Waals surface area contributed by atoms with Crippen molar-refractivity contribution >= 4 is 12.0 Å². The van der Waals surface area contributed by atoms with Crippen molar-refractivity contribution in [1.29, 1.82) is 0 Å². The highest BCUT2D eigenvalue weighted by atomic mass is 16.4. The summed E-state index contributed by atoms with van der Waals surface area (Å²) in [6.07, 6.45) is 4.35. The van der Waals surface area contributed by atoms with Crippen LogP contribution in [0.1, 0.15) is 39.0 Å². The molecule has 6 nitrogen and oxygen atoms in total. The topological polar surface area (TPSA) is 89.9 Å². The molecule has 0 aromatic rings. The number of carbonyl (C=O) groups excluding carboxylic acids is 1. The van der Waals surface area contributed by atoms with Gasteiger partial charge < -0.3 is 20.4 Å². The number of carboxylic acid groups (broad SMARTS) is 1. The van der Waals surface area contributed by atoms with Crippen LogP contribution in [-0.2, 0) is 4.79 Å². The molecule has 0 bridgehead atoms. The Morgan fingerprint density at radius 3 is 2.58 bits per heavy atom. The molecule has 1 atom stereocenters. The van der Waals surface area contributed by atoms with Crippen molar-refractivity contribution in [3.63, 3.8) is 0 Å². The third-order valence-corrected chi connectivity index (χ3v) is 3.63. The van der Waals surface area contributed by atoms with E-state index in [1.807, 2.05) is 0 Å². The average molecular weight is 272 g/mol. The summed E-state index contributed by atoms with van der Waals surface area (Å²) in [6.45, 7) is 2.48. The van der Waals surface area contributed by atoms with Gasteiger partial charge in [-0.1, -0.05) is 6.92 Å². The molecule has 6 heteroatoms. The Kier molecular flexibility index (Phi) is 6.62. The first-order valence-corrected chi connectivity index (χ1v) is 6.94. The second-order valence-corrected chi connectivity index (χ2v) is 5.12. The Morgan fingerprint density at radius 2 is 2.11 bits per heavy atom. The maximum absolute atomic E-state index is 11.9. The first kappa shape index (κ1) is 15.8. The fraction of sp³-hybridized carbons (Fsp3) is 0.846. The number of nitrogens with one attached hydrogen (secondary N) is 1. The molecular formula is C13H24N2O4. The Hall–Kier alpha value is -1.30. The lowest BCUT2D eigenvalue weighted by molar-refractivity contribution is -0.141. The number of urea groups is 1. The number of aliphatic carboxylic acids is 1. The summed E-state index contributed by atoms with van der Waals surface area (Å²) in [6, 6.07) is 0.104. The van der Waals surface area contributed by atoms with Gasteiger partial charge in [0.1, 0.15) is 0 Å². The lowest BCUT2D eigenvalue weighted by Crippen LogP contribution is -2.50. The predicted molar refractivity (Wildman–Crippen MR) is 70.9 cm³/mol. The van der Waals surface area contributed by atoms with Gasteiger partial charge in [0.2, 0.25) is 0 Å². The standard InChI is InChI=1S/C13H24N2O4/c1-10(12(17)18)4-3-7-14-13(19)15(8-9-16)11-5-2-6-11/h10-11,16H,2-9H2,1H3,(H,14,19)(H,17,18). The zero-order valence-electron chi connectivity index (χ0n) is 11.5. The molecular weight excluding hydrogens is 248 g/mol. The van der Waals surface area contributed by atoms with Gasteiger partial charge >= 0.3 is 12.0 Å². The van der Waals surface area contributed by atoms with Crippen molar-refractivity contribution in [3.05, 3.63) is 0 Å². The molecule has 0 radical (unpaired) electrons. The molecule has 0 aromatic carbocycles. The monoisotopic (exact) mass is 272 g/mol. The molecule has 0 aliphatic heterocycles. The highest BCUT2D eigenvalue weighted by Gasteiger charge is 2.28. The van der Waals surface area contributed by atoms with Gasteiger partial charge in [-0.2, -0.15) is 0 Å². The van der Waals surface area contributed by atoms with Crippen molar-refractivity contribution in [1.82, 2.24) is 10.2 Å². The van der Waals surface area contributed by atoms with E-state index in [9.17, 15) is 9.59 Å². The summed E-state index contributed by atoms with van der Waals surface area (Å²) in [4.78, 5) is 24.3. The first-order chi connectivity index (χ1) is 9.06. The molecule has 1 unspecified atom stereocenters. The van der Waals surface area contributed by atoms with E-state index in [1.165, 1.54) is 0 Å². The zero-order chi connectivity index (χ0) is 14.3. The number of hydrogen-bond acceptors (Lipinski definition) is 3. The van der Waals surface area contributed by atoms with Crippen molar-refractivity contribution < 1.29 is 19.8 Å². The highest BCUT2D eigenvalue weighted by molar-refractivity contribution is 5.74. The third-order valence-electron chi connectivity index (χ3n) is 3.63. The third kappa shape index (κ3) is 5.06. The number of nitrogens with zero attached hydrogens (tertiary/aromatic N) is 1. The van der Waals surface area contributed by atoms with Crippen molar-refractivity contribution in [2.45, 2.75) is 45.1 Å². The van der Waals surface area contributed by atoms with Crippen LogP contribution in [-0.4, -0.2) is 52.9 Å². The van der Waals surface area contributed by atoms with E-state index in [0.29, 0.717) is 25.9 Å². The maximum atomic E-state index is 11.9. The van der Waals surface area contributed by atoms with Crippen molar-refractivity contribution in [2.75, 3.05) is 19.7 Å². The van der Waals surface area contributed by atoms with E-state index in [2.05, 4.69) is 5.32 Å². The zero-order valence-corrected chi connectivity index (χ0v) is 11.5. The molecule has 110 valence electrons. The van der Waals surface area contributed by atoms with Gasteiger partial charge in [0.25, 0.3) is 0 Å². The smallest absolute Gasteiger partial charge is 0.317 e. The number of rotatable bonds is 8. The van der Waals surface area contributed by atoms with Crippen LogP contribution in [0.3, 0.4) is 0 Å². The van der Waals surface area contributed by atoms with Crippen LogP contribution in [0.15, 0.2) is 0 Å². The summed E-state index contributed by atoms with van der Waals surface area (Å²) in [5.74, 6) is -1.18. The number of carboxylic acids is 1. The first-order valence-electron chi connectivity index (χ1n) is 6.94. The van der Waals surface area contributed by atoms with Gasteiger partial charge in [0.15, 0.2) is 0 Å². The number of aliphatic hydroxyl groups is 1. The second-order valence-electron chi connectivity index (χ2n) is 5.12. The molecule has 1 aliphatic carbocycles. The van der Waals surface area contributed by atoms with Gasteiger partial charge in [0, 0.05) is 19.1 Å². The number of hydrogen-bond donors (Lipinski definition) is 3. The van der Waals surface area contributed by atoms with E-state index in [4.69, 9.17) is 10.2 Å². The summed E-state index contributed by atoms with van der Waals surface area (Å²) in [5, 5.41) is 20.5. The predicted octanol–water partition coefficient (Wildman–Crippen LogP) is 1.04. The molecule has 1 saturated carbocycles. The molecule has 3 N–H and O–H groups in total. The lowest BCUT2D eigenvalue weighted by Gasteiger charge is -2.37. The largest absolute Gasteiger partial charge is 0.481 e. The van der Waals surface area contributed by atoms with Crippen LogP contribution < -0.4 is 5.32 Å². The summed E-state index contributed by atoms with van der Waals surface area (Å²) >= 11 is 0. The van der Waals surface area contributed by atoms with Gasteiger partial charge in [-0.3, -0.25) is 4.79 Å². The van der Waals surface area contributed by atoms with Crippen LogP contribution in [0, 0.1) is 5.92 Å². The van der Waals surface area contributed by atoms with Crippen LogP contribution in [0.25, 0.3) is 0 Å². The summed E-state index contributed by atoms with van der Waals surface area (Å²) in [5.41, 5.74) is 0. The molecule has 1 rings (SSSR count). The minimum Gasteiger partial charge on any atom is -0.481 e. The Morgan fingerprint density at radius 1 is 1.42 bits per heavy atom. The fourth-order valence-electron chi connectivity index (χ4n) is 2.08. The summed E-state index contributed by atoms with van der Waals surface area (Å²) in [7, 11) is 0. The van der Waals surface area contributed by atoms with E-state index < -0.39 is 5.97 Å². The molecule has 0 spiro atoms. The number of carbonyl (C=O) groups is 2. The second kappa shape index (κ2) is 7.99. The van der Waals surface area contributed by atoms with Crippen LogP contribution >= 0.6 is 0 Å². The Balaban J connectivity index is 2.22. The molecule has 0 aromatic heterocycles. The number of amides is 2. The molecule has 0 saturated heterocycles. The fourth-order valence-corrected chi connectivity index (χ4v) is 2.08. The SMILES string of the molecule is CC(CCCNC(=O)N(CCO)C1CCC1)C(=O)O. The minimum atomic E-state index is -0.803. The average Bonchev–Trinajstić information content (AvgIpc) is 2.31. The molecule has 2 amide bonds. The van der Waals surface area contributed by atoms with Crippen LogP contribution in [0.5, 0.6) is 0 Å². The van der Waals surface area contributed by atoms with Crippen LogP contribution in [0.4, 0.5) is 4.79 Å². The molecule has 1 fully saturated rings. The Bertz CT molecular complexity index is 305. The van der Waals surface area contributed by atoms with E-state index in [1.54, 1.807) is 11.8 Å². The van der Waals surface area contributed by atoms with Crippen LogP contribution in [0.2, 0.25) is 0 Å². The van der Waals surface area contributed by atoms with Crippen molar-refractivity contribution in [3.8, 4) is 0 Å². The molecule has 0 heterocycles. The van der Waals surface area contributed by atoms with Gasteiger partial charge in [-0.25, -0.2) is 4.79 Å². The number of aliphatic hydroxyl groups excluding tert-OH is 1. The van der Waals surface area contributed by atoms with Gasteiger partial charge in [-0.05, 0) is 32.1 Å². The lowest BCUT2D eigenvalue weighted by atomic mass is 9.92. The Labute approximate surface area is 113 Å². The van der Waals surface area contributed by atoms with E-state index in [-0.39, 0.29) is 24.6 Å². The molecule has 19 heavy (non-hydrogen) atoms. The maximum Gasteiger partial charge on any atom is 0.317 e. The highest BCUT2D eigenvalue weighted by Crippen LogP contribution is 2.24. The molecule has 1 aliphatic rings.